The maximum absolute atomic E-state index is 10.4. The van der Waals surface area contributed by atoms with E-state index < -0.39 is 17.3 Å². The van der Waals surface area contributed by atoms with E-state index in [1.807, 2.05) is 0 Å². The van der Waals surface area contributed by atoms with Crippen LogP contribution in [0.4, 0.5) is 0 Å². The van der Waals surface area contributed by atoms with Gasteiger partial charge in [-0.3, -0.25) is 0 Å². The first kappa shape index (κ1) is 8.67. The van der Waals surface area contributed by atoms with Gasteiger partial charge in [0.25, 0.3) is 0 Å². The molecule has 5 heteroatoms. The highest BCUT2D eigenvalue weighted by molar-refractivity contribution is 6.34. The predicted octanol–water partition coefficient (Wildman–Crippen LogP) is 1.45. The lowest BCUT2D eigenvalue weighted by molar-refractivity contribution is 0.0694. The van der Waals surface area contributed by atoms with E-state index in [4.69, 9.17) is 26.9 Å². The topological polar surface area (TPSA) is 77.8 Å². The third-order valence-corrected chi connectivity index (χ3v) is 1.57. The number of phenols is 2. The molecule has 0 aromatic heterocycles. The van der Waals surface area contributed by atoms with Gasteiger partial charge in [-0.25, -0.2) is 4.79 Å². The summed E-state index contributed by atoms with van der Waals surface area (Å²) in [6.07, 6.45) is 0. The van der Waals surface area contributed by atoms with Gasteiger partial charge in [-0.1, -0.05) is 11.6 Å². The Balaban J connectivity index is 3.38. The molecule has 1 rings (SSSR count). The second kappa shape index (κ2) is 2.91. The molecule has 0 bridgehead atoms. The Morgan fingerprint density at radius 1 is 1.33 bits per heavy atom. The number of carbonyl (C=O) groups is 1. The van der Waals surface area contributed by atoms with Crippen molar-refractivity contribution in [2.75, 3.05) is 0 Å². The highest BCUT2D eigenvalue weighted by atomic mass is 35.5. The summed E-state index contributed by atoms with van der Waals surface area (Å²) < 4.78 is 0. The molecule has 0 saturated heterocycles. The van der Waals surface area contributed by atoms with Crippen LogP contribution in [-0.4, -0.2) is 21.3 Å². The van der Waals surface area contributed by atoms with E-state index in [1.165, 1.54) is 0 Å². The van der Waals surface area contributed by atoms with Gasteiger partial charge in [0.15, 0.2) is 0 Å². The van der Waals surface area contributed by atoms with Crippen LogP contribution < -0.4 is 0 Å². The van der Waals surface area contributed by atoms with Crippen molar-refractivity contribution in [3.05, 3.63) is 22.7 Å². The molecule has 0 unspecified atom stereocenters. The van der Waals surface area contributed by atoms with E-state index in [0.717, 1.165) is 12.1 Å². The number of phenolic OH excluding ortho intramolecular Hbond substituents is 1. The third kappa shape index (κ3) is 1.43. The molecular formula is C7H5ClO4. The minimum atomic E-state index is -1.34. The van der Waals surface area contributed by atoms with E-state index in [0.29, 0.717) is 0 Å². The zero-order valence-electron chi connectivity index (χ0n) is 5.78. The van der Waals surface area contributed by atoms with Gasteiger partial charge >= 0.3 is 5.97 Å². The minimum Gasteiger partial charge on any atom is -0.508 e. The molecule has 3 N–H and O–H groups in total. The summed E-state index contributed by atoms with van der Waals surface area (Å²) in [5.74, 6) is -2.16. The van der Waals surface area contributed by atoms with E-state index in [-0.39, 0.29) is 10.8 Å². The van der Waals surface area contributed by atoms with Crippen LogP contribution in [0.2, 0.25) is 5.02 Å². The first-order chi connectivity index (χ1) is 5.52. The first-order valence-electron chi connectivity index (χ1n) is 2.97. The molecule has 0 aliphatic heterocycles. The summed E-state index contributed by atoms with van der Waals surface area (Å²) in [5, 5.41) is 26.2. The molecule has 0 atom stereocenters. The number of carboxylic acids is 1. The second-order valence-corrected chi connectivity index (χ2v) is 2.53. The van der Waals surface area contributed by atoms with E-state index >= 15 is 0 Å². The van der Waals surface area contributed by atoms with Gasteiger partial charge in [0.05, 0.1) is 5.02 Å². The van der Waals surface area contributed by atoms with Crippen molar-refractivity contribution in [2.45, 2.75) is 0 Å². The molecule has 0 fully saturated rings. The van der Waals surface area contributed by atoms with Gasteiger partial charge in [-0.2, -0.15) is 0 Å². The average molecular weight is 189 g/mol. The quantitative estimate of drug-likeness (QED) is 0.623. The molecule has 0 heterocycles. The SMILES string of the molecule is O=C(O)c1c(O)cc(O)cc1Cl. The van der Waals surface area contributed by atoms with Gasteiger partial charge in [-0.05, 0) is 6.07 Å². The van der Waals surface area contributed by atoms with Gasteiger partial charge in [-0.15, -0.1) is 0 Å². The number of benzene rings is 1. The number of aromatic hydroxyl groups is 2. The van der Waals surface area contributed by atoms with Crippen molar-refractivity contribution in [1.82, 2.24) is 0 Å². The Morgan fingerprint density at radius 3 is 2.33 bits per heavy atom. The molecule has 0 aliphatic carbocycles. The van der Waals surface area contributed by atoms with Gasteiger partial charge < -0.3 is 15.3 Å². The largest absolute Gasteiger partial charge is 0.508 e. The fraction of sp³-hybridized carbons (Fsp3) is 0. The molecule has 12 heavy (non-hydrogen) atoms. The number of hydrogen-bond acceptors (Lipinski definition) is 3. The van der Waals surface area contributed by atoms with Crippen LogP contribution in [-0.2, 0) is 0 Å². The zero-order valence-corrected chi connectivity index (χ0v) is 6.54. The third-order valence-electron chi connectivity index (χ3n) is 1.27. The lowest BCUT2D eigenvalue weighted by atomic mass is 10.2. The summed E-state index contributed by atoms with van der Waals surface area (Å²) in [5.41, 5.74) is -0.408. The number of carboxylic acid groups (broad SMARTS) is 1. The number of halogens is 1. The van der Waals surface area contributed by atoms with Crippen molar-refractivity contribution in [2.24, 2.45) is 0 Å². The Kier molecular flexibility index (Phi) is 2.10. The van der Waals surface area contributed by atoms with Crippen molar-refractivity contribution < 1.29 is 20.1 Å². The molecule has 0 saturated carbocycles. The second-order valence-electron chi connectivity index (χ2n) is 2.13. The van der Waals surface area contributed by atoms with E-state index in [1.54, 1.807) is 0 Å². The zero-order chi connectivity index (χ0) is 9.30. The standard InChI is InChI=1S/C7H5ClO4/c8-4-1-3(9)2-5(10)6(4)7(11)12/h1-2,9-10H,(H,11,12). The van der Waals surface area contributed by atoms with Crippen LogP contribution in [0.5, 0.6) is 11.5 Å². The maximum Gasteiger partial charge on any atom is 0.341 e. The summed E-state index contributed by atoms with van der Waals surface area (Å²) in [4.78, 5) is 10.4. The normalized spacial score (nSPS) is 9.75. The molecule has 4 nitrogen and oxygen atoms in total. The molecule has 64 valence electrons. The Bertz CT molecular complexity index is 311. The molecular weight excluding hydrogens is 184 g/mol. The van der Waals surface area contributed by atoms with Crippen LogP contribution in [0, 0.1) is 0 Å². The monoisotopic (exact) mass is 188 g/mol. The molecule has 0 amide bonds. The average Bonchev–Trinajstić information content (AvgIpc) is 1.82. The Hall–Kier alpha value is -1.42. The smallest absolute Gasteiger partial charge is 0.341 e. The van der Waals surface area contributed by atoms with Crippen LogP contribution in [0.15, 0.2) is 12.1 Å². The summed E-state index contributed by atoms with van der Waals surface area (Å²) >= 11 is 5.43. The number of rotatable bonds is 1. The minimum absolute atomic E-state index is 0.194. The van der Waals surface area contributed by atoms with Crippen LogP contribution in [0.3, 0.4) is 0 Å². The fourth-order valence-corrected chi connectivity index (χ4v) is 1.08. The van der Waals surface area contributed by atoms with Crippen molar-refractivity contribution >= 4 is 17.6 Å². The maximum atomic E-state index is 10.4. The highest BCUT2D eigenvalue weighted by Crippen LogP contribution is 2.30. The molecule has 0 radical (unpaired) electrons. The van der Waals surface area contributed by atoms with Gasteiger partial charge in [0.1, 0.15) is 17.1 Å². The predicted molar refractivity (Wildman–Crippen MR) is 41.7 cm³/mol. The first-order valence-corrected chi connectivity index (χ1v) is 3.35. The lowest BCUT2D eigenvalue weighted by Crippen LogP contribution is -1.97. The van der Waals surface area contributed by atoms with E-state index in [2.05, 4.69) is 0 Å². The van der Waals surface area contributed by atoms with Crippen LogP contribution in [0.25, 0.3) is 0 Å². The van der Waals surface area contributed by atoms with E-state index in [9.17, 15) is 4.79 Å². The number of hydrogen-bond donors (Lipinski definition) is 3. The molecule has 0 aliphatic rings. The molecule has 1 aromatic rings. The van der Waals surface area contributed by atoms with Crippen molar-refractivity contribution in [3.8, 4) is 11.5 Å². The molecule has 1 aromatic carbocycles. The fourth-order valence-electron chi connectivity index (χ4n) is 0.790. The van der Waals surface area contributed by atoms with Crippen molar-refractivity contribution in [1.29, 1.82) is 0 Å². The van der Waals surface area contributed by atoms with Crippen LogP contribution in [0.1, 0.15) is 10.4 Å². The van der Waals surface area contributed by atoms with Crippen LogP contribution >= 0.6 is 11.6 Å². The summed E-state index contributed by atoms with van der Waals surface area (Å²) in [6.45, 7) is 0. The Labute approximate surface area is 72.6 Å². The molecule has 0 spiro atoms. The number of aromatic carboxylic acids is 1. The lowest BCUT2D eigenvalue weighted by Gasteiger charge is -2.01. The highest BCUT2D eigenvalue weighted by Gasteiger charge is 2.15. The summed E-state index contributed by atoms with van der Waals surface area (Å²) in [7, 11) is 0. The van der Waals surface area contributed by atoms with Crippen molar-refractivity contribution in [3.63, 3.8) is 0 Å². The van der Waals surface area contributed by atoms with Gasteiger partial charge in [0.2, 0.25) is 0 Å². The summed E-state index contributed by atoms with van der Waals surface area (Å²) in [6, 6.07) is 1.96. The Morgan fingerprint density at radius 2 is 1.92 bits per heavy atom. The van der Waals surface area contributed by atoms with Gasteiger partial charge in [0, 0.05) is 6.07 Å².